The minimum atomic E-state index is -3.76. The van der Waals surface area contributed by atoms with Crippen LogP contribution in [0.3, 0.4) is 0 Å². The highest BCUT2D eigenvalue weighted by Crippen LogP contribution is 2.66. The fourth-order valence-electron chi connectivity index (χ4n) is 4.82. The lowest BCUT2D eigenvalue weighted by Gasteiger charge is -2.40. The lowest BCUT2D eigenvalue weighted by atomic mass is 9.69. The number of fused-ring (bicyclic) bond motifs is 2. The second-order valence-corrected chi connectivity index (χ2v) is 10.5. The monoisotopic (exact) mass is 395 g/mol. The van der Waals surface area contributed by atoms with Crippen molar-refractivity contribution in [2.75, 3.05) is 0 Å². The number of aryl methyl sites for hydroxylation is 1. The van der Waals surface area contributed by atoms with Crippen molar-refractivity contribution in [1.82, 2.24) is 4.72 Å². The number of ether oxygens (including phenoxy) is 1. The number of sulfonamides is 1. The molecule has 2 bridgehead atoms. The van der Waals surface area contributed by atoms with Crippen LogP contribution in [0.15, 0.2) is 29.2 Å². The predicted octanol–water partition coefficient (Wildman–Crippen LogP) is 2.39. The number of carbonyl (C=O) groups is 1. The number of esters is 1. The molecule has 0 unspecified atom stereocenters. The molecule has 1 aromatic carbocycles. The van der Waals surface area contributed by atoms with Gasteiger partial charge in [0.1, 0.15) is 12.2 Å². The number of aliphatic hydroxyl groups is 1. The van der Waals surface area contributed by atoms with Crippen molar-refractivity contribution >= 4 is 16.0 Å². The average molecular weight is 396 g/mol. The van der Waals surface area contributed by atoms with Gasteiger partial charge in [-0.2, -0.15) is 0 Å². The number of rotatable bonds is 5. The van der Waals surface area contributed by atoms with Crippen LogP contribution in [-0.2, 0) is 19.6 Å². The molecule has 7 heteroatoms. The third-order valence-electron chi connectivity index (χ3n) is 6.99. The number of carbonyl (C=O) groups excluding carboxylic acids is 1. The molecule has 1 aromatic rings. The summed E-state index contributed by atoms with van der Waals surface area (Å²) in [4.78, 5) is 12.3. The molecule has 2 aliphatic rings. The Hall–Kier alpha value is -1.44. The number of hydrogen-bond acceptors (Lipinski definition) is 5. The van der Waals surface area contributed by atoms with E-state index in [0.717, 1.165) is 18.4 Å². The maximum Gasteiger partial charge on any atom is 0.335 e. The van der Waals surface area contributed by atoms with Crippen molar-refractivity contribution in [3.63, 3.8) is 0 Å². The van der Waals surface area contributed by atoms with Gasteiger partial charge in [0.15, 0.2) is 0 Å². The SMILES string of the molecule is Cc1ccc(S(=O)(=O)N[C@@H]2[C@H](OC(=O)[C@H](C)O)[C@H]3CC[C@]2(C)C3(C)C)cc1. The van der Waals surface area contributed by atoms with Crippen molar-refractivity contribution in [3.05, 3.63) is 29.8 Å². The minimum absolute atomic E-state index is 0.0379. The first-order chi connectivity index (χ1) is 12.4. The second-order valence-electron chi connectivity index (χ2n) is 8.77. The van der Waals surface area contributed by atoms with Crippen LogP contribution in [0, 0.1) is 23.7 Å². The van der Waals surface area contributed by atoms with Crippen LogP contribution in [0.1, 0.15) is 46.1 Å². The lowest BCUT2D eigenvalue weighted by Crippen LogP contribution is -2.53. The minimum Gasteiger partial charge on any atom is -0.458 e. The van der Waals surface area contributed by atoms with E-state index in [2.05, 4.69) is 25.5 Å². The first-order valence-corrected chi connectivity index (χ1v) is 10.9. The molecule has 0 heterocycles. The smallest absolute Gasteiger partial charge is 0.335 e. The topological polar surface area (TPSA) is 92.7 Å². The van der Waals surface area contributed by atoms with Crippen LogP contribution in [0.5, 0.6) is 0 Å². The molecular formula is C20H29NO5S. The normalized spacial score (nSPS) is 33.0. The summed E-state index contributed by atoms with van der Waals surface area (Å²) in [6.45, 7) is 9.52. The van der Waals surface area contributed by atoms with Gasteiger partial charge in [0, 0.05) is 5.92 Å². The Labute approximate surface area is 161 Å². The van der Waals surface area contributed by atoms with E-state index in [9.17, 15) is 18.3 Å². The van der Waals surface area contributed by atoms with Crippen LogP contribution in [-0.4, -0.2) is 37.7 Å². The summed E-state index contributed by atoms with van der Waals surface area (Å²) in [7, 11) is -3.76. The Morgan fingerprint density at radius 2 is 1.85 bits per heavy atom. The zero-order valence-corrected chi connectivity index (χ0v) is 17.3. The molecule has 0 aliphatic heterocycles. The summed E-state index contributed by atoms with van der Waals surface area (Å²) in [5.41, 5.74) is 0.432. The van der Waals surface area contributed by atoms with Crippen molar-refractivity contribution in [2.45, 2.75) is 70.6 Å². The average Bonchev–Trinajstić information content (AvgIpc) is 2.88. The molecule has 2 aliphatic carbocycles. The van der Waals surface area contributed by atoms with E-state index >= 15 is 0 Å². The van der Waals surface area contributed by atoms with E-state index in [0.29, 0.717) is 0 Å². The van der Waals surface area contributed by atoms with E-state index in [4.69, 9.17) is 4.74 Å². The zero-order chi connectivity index (χ0) is 20.2. The van der Waals surface area contributed by atoms with E-state index in [1.165, 1.54) is 6.92 Å². The van der Waals surface area contributed by atoms with Gasteiger partial charge in [0.25, 0.3) is 0 Å². The molecule has 0 spiro atoms. The van der Waals surface area contributed by atoms with Gasteiger partial charge in [-0.05, 0) is 49.7 Å². The molecule has 2 N–H and O–H groups in total. The molecule has 27 heavy (non-hydrogen) atoms. The first-order valence-electron chi connectivity index (χ1n) is 9.38. The first kappa shape index (κ1) is 20.3. The maximum absolute atomic E-state index is 13.0. The van der Waals surface area contributed by atoms with Crippen LogP contribution < -0.4 is 4.72 Å². The lowest BCUT2D eigenvalue weighted by molar-refractivity contribution is -0.162. The van der Waals surface area contributed by atoms with Crippen molar-refractivity contribution < 1.29 is 23.1 Å². The second kappa shape index (κ2) is 6.57. The summed E-state index contributed by atoms with van der Waals surface area (Å²) < 4.78 is 34.4. The number of hydrogen-bond donors (Lipinski definition) is 2. The van der Waals surface area contributed by atoms with Gasteiger partial charge in [-0.25, -0.2) is 17.9 Å². The quantitative estimate of drug-likeness (QED) is 0.747. The van der Waals surface area contributed by atoms with Crippen LogP contribution in [0.4, 0.5) is 0 Å². The van der Waals surface area contributed by atoms with E-state index < -0.39 is 34.2 Å². The number of aliphatic hydroxyl groups excluding tert-OH is 1. The highest BCUT2D eigenvalue weighted by Gasteiger charge is 2.68. The third-order valence-corrected chi connectivity index (χ3v) is 8.45. The summed E-state index contributed by atoms with van der Waals surface area (Å²) in [6.07, 6.45) is -0.117. The fourth-order valence-corrected chi connectivity index (χ4v) is 6.18. The molecule has 150 valence electrons. The zero-order valence-electron chi connectivity index (χ0n) is 16.5. The van der Waals surface area contributed by atoms with Gasteiger partial charge in [-0.15, -0.1) is 0 Å². The van der Waals surface area contributed by atoms with E-state index in [1.54, 1.807) is 24.3 Å². The van der Waals surface area contributed by atoms with E-state index in [-0.39, 0.29) is 21.6 Å². The van der Waals surface area contributed by atoms with Gasteiger partial charge in [-0.3, -0.25) is 0 Å². The number of nitrogens with one attached hydrogen (secondary N) is 1. The van der Waals surface area contributed by atoms with Gasteiger partial charge in [-0.1, -0.05) is 38.5 Å². The Morgan fingerprint density at radius 3 is 2.41 bits per heavy atom. The van der Waals surface area contributed by atoms with Crippen molar-refractivity contribution in [1.29, 1.82) is 0 Å². The van der Waals surface area contributed by atoms with Gasteiger partial charge < -0.3 is 9.84 Å². The predicted molar refractivity (Wildman–Crippen MR) is 101 cm³/mol. The van der Waals surface area contributed by atoms with Crippen LogP contribution >= 0.6 is 0 Å². The molecule has 6 nitrogen and oxygen atoms in total. The number of benzene rings is 1. The standard InChI is InChI=1S/C20H29NO5S/c1-12-6-8-14(9-7-12)27(24,25)21-17-16(26-18(23)13(2)22)15-10-11-20(17,5)19(15,3)4/h6-9,13,15-17,21-22H,10-11H2,1-5H3/t13-,15+,16+,17+,20-/m0/s1. The Bertz CT molecular complexity index is 830. The van der Waals surface area contributed by atoms with Crippen LogP contribution in [0.2, 0.25) is 0 Å². The molecule has 2 fully saturated rings. The molecule has 0 amide bonds. The summed E-state index contributed by atoms with van der Waals surface area (Å²) in [5.74, 6) is -0.678. The van der Waals surface area contributed by atoms with Gasteiger partial charge >= 0.3 is 5.97 Å². The maximum atomic E-state index is 13.0. The molecule has 2 saturated carbocycles. The highest BCUT2D eigenvalue weighted by molar-refractivity contribution is 7.89. The van der Waals surface area contributed by atoms with Crippen molar-refractivity contribution in [3.8, 4) is 0 Å². The Balaban J connectivity index is 1.95. The Kier molecular flexibility index (Phi) is 4.94. The summed E-state index contributed by atoms with van der Waals surface area (Å²) >= 11 is 0. The fraction of sp³-hybridized carbons (Fsp3) is 0.650. The largest absolute Gasteiger partial charge is 0.458 e. The summed E-state index contributed by atoms with van der Waals surface area (Å²) in [6, 6.07) is 6.13. The van der Waals surface area contributed by atoms with Crippen molar-refractivity contribution in [2.24, 2.45) is 16.7 Å². The Morgan fingerprint density at radius 1 is 1.26 bits per heavy atom. The molecular weight excluding hydrogens is 366 g/mol. The van der Waals surface area contributed by atoms with E-state index in [1.807, 2.05) is 6.92 Å². The molecule has 0 aromatic heterocycles. The van der Waals surface area contributed by atoms with Gasteiger partial charge in [0.2, 0.25) is 10.0 Å². The highest BCUT2D eigenvalue weighted by atomic mass is 32.2. The molecule has 3 rings (SSSR count). The molecule has 5 atom stereocenters. The van der Waals surface area contributed by atoms with Gasteiger partial charge in [0.05, 0.1) is 10.9 Å². The summed E-state index contributed by atoms with van der Waals surface area (Å²) in [5, 5.41) is 9.56. The van der Waals surface area contributed by atoms with Crippen LogP contribution in [0.25, 0.3) is 0 Å². The molecule has 0 saturated heterocycles. The third kappa shape index (κ3) is 3.19. The molecule has 0 radical (unpaired) electrons.